The van der Waals surface area contributed by atoms with Crippen molar-refractivity contribution in [3.63, 3.8) is 0 Å². The first-order valence-corrected chi connectivity index (χ1v) is 9.70. The summed E-state index contributed by atoms with van der Waals surface area (Å²) in [6.07, 6.45) is 7.22. The maximum Gasteiger partial charge on any atom is 0.248 e. The molecule has 0 saturated carbocycles. The summed E-state index contributed by atoms with van der Waals surface area (Å²) in [5, 5.41) is 4.40. The number of aromatic nitrogens is 3. The van der Waals surface area contributed by atoms with Crippen molar-refractivity contribution in [2.45, 2.75) is 39.5 Å². The van der Waals surface area contributed by atoms with Gasteiger partial charge >= 0.3 is 0 Å². The Kier molecular flexibility index (Phi) is 6.68. The molecule has 0 saturated heterocycles. The average Bonchev–Trinajstić information content (AvgIpc) is 3.24. The Morgan fingerprint density at radius 3 is 2.96 bits per heavy atom. The van der Waals surface area contributed by atoms with E-state index in [1.165, 1.54) is 11.3 Å². The molecule has 1 unspecified atom stereocenters. The first-order chi connectivity index (χ1) is 13.0. The highest BCUT2D eigenvalue weighted by Crippen LogP contribution is 2.21. The Labute approximate surface area is 161 Å². The highest BCUT2D eigenvalue weighted by atomic mass is 16.5. The molecule has 7 nitrogen and oxygen atoms in total. The van der Waals surface area contributed by atoms with Crippen molar-refractivity contribution in [2.75, 3.05) is 33.9 Å². The average molecular weight is 374 g/mol. The summed E-state index contributed by atoms with van der Waals surface area (Å²) in [7, 11) is 3.51. The van der Waals surface area contributed by atoms with Crippen molar-refractivity contribution in [1.82, 2.24) is 24.1 Å². The van der Waals surface area contributed by atoms with Crippen molar-refractivity contribution in [3.05, 3.63) is 42.0 Å². The molecule has 3 rings (SSSR count). The van der Waals surface area contributed by atoms with Gasteiger partial charge in [-0.3, -0.25) is 14.4 Å². The van der Waals surface area contributed by atoms with Crippen LogP contribution in [0, 0.1) is 5.92 Å². The van der Waals surface area contributed by atoms with Crippen LogP contribution in [0.1, 0.15) is 24.6 Å². The van der Waals surface area contributed by atoms with E-state index < -0.39 is 0 Å². The molecule has 1 aliphatic heterocycles. The molecule has 0 aliphatic carbocycles. The number of hydrogen-bond donors (Lipinski definition) is 0. The lowest BCUT2D eigenvalue weighted by atomic mass is 10.1. The predicted octanol–water partition coefficient (Wildman–Crippen LogP) is 1.83. The van der Waals surface area contributed by atoms with Gasteiger partial charge in [0, 0.05) is 77.1 Å². The van der Waals surface area contributed by atoms with Gasteiger partial charge < -0.3 is 14.2 Å². The Morgan fingerprint density at radius 2 is 2.22 bits per heavy atom. The summed E-state index contributed by atoms with van der Waals surface area (Å²) in [6.45, 7) is 7.64. The second kappa shape index (κ2) is 9.19. The van der Waals surface area contributed by atoms with Crippen LogP contribution in [0.3, 0.4) is 0 Å². The molecule has 1 amide bonds. The van der Waals surface area contributed by atoms with Crippen LogP contribution in [-0.2, 0) is 35.7 Å². The van der Waals surface area contributed by atoms with Gasteiger partial charge in [0.2, 0.25) is 5.91 Å². The molecule has 2 aromatic heterocycles. The summed E-state index contributed by atoms with van der Waals surface area (Å²) >= 11 is 0. The van der Waals surface area contributed by atoms with E-state index in [2.05, 4.69) is 46.0 Å². The van der Waals surface area contributed by atoms with E-state index in [1.807, 2.05) is 10.9 Å². The number of carbonyl (C=O) groups is 1. The number of carbonyl (C=O) groups excluding carboxylic acids is 1. The Bertz CT molecular complexity index is 736. The third kappa shape index (κ3) is 5.43. The van der Waals surface area contributed by atoms with Crippen LogP contribution in [0.4, 0.5) is 0 Å². The van der Waals surface area contributed by atoms with Crippen molar-refractivity contribution in [1.29, 1.82) is 0 Å². The molecule has 27 heavy (non-hydrogen) atoms. The smallest absolute Gasteiger partial charge is 0.248 e. The van der Waals surface area contributed by atoms with Gasteiger partial charge in [-0.25, -0.2) is 0 Å². The van der Waals surface area contributed by atoms with Gasteiger partial charge in [-0.2, -0.15) is 5.10 Å². The highest BCUT2D eigenvalue weighted by molar-refractivity contribution is 5.76. The molecule has 0 bridgehead atoms. The molecule has 0 radical (unpaired) electrons. The molecule has 3 heterocycles. The van der Waals surface area contributed by atoms with Gasteiger partial charge in [0.15, 0.2) is 0 Å². The topological polar surface area (TPSA) is 55.5 Å². The standard InChI is InChI=1S/C20H31N5O2/c1-4-25-14-18(10-21-25)12-23-11-17(7-9-27-16-20(26)22(2)3)13-24-8-5-6-19(24)15-23/h5-6,8,10,14,17H,4,7,9,11-13,15-16H2,1-3H3. The number of likely N-dealkylation sites (N-methyl/N-ethyl adjacent to an activating group) is 1. The van der Waals surface area contributed by atoms with Crippen molar-refractivity contribution in [3.8, 4) is 0 Å². The van der Waals surface area contributed by atoms with E-state index in [9.17, 15) is 4.79 Å². The summed E-state index contributed by atoms with van der Waals surface area (Å²) in [5.41, 5.74) is 2.60. The Balaban J connectivity index is 1.58. The van der Waals surface area contributed by atoms with Crippen LogP contribution in [0.15, 0.2) is 30.7 Å². The maximum absolute atomic E-state index is 11.6. The molecule has 1 atom stereocenters. The van der Waals surface area contributed by atoms with Gasteiger partial charge in [-0.1, -0.05) is 0 Å². The van der Waals surface area contributed by atoms with E-state index >= 15 is 0 Å². The van der Waals surface area contributed by atoms with Crippen LogP contribution < -0.4 is 0 Å². The second-order valence-corrected chi connectivity index (χ2v) is 7.52. The van der Waals surface area contributed by atoms with Crippen LogP contribution in [0.5, 0.6) is 0 Å². The van der Waals surface area contributed by atoms with Gasteiger partial charge in [0.25, 0.3) is 0 Å². The Morgan fingerprint density at radius 1 is 1.37 bits per heavy atom. The fourth-order valence-corrected chi connectivity index (χ4v) is 3.53. The quantitative estimate of drug-likeness (QED) is 0.663. The third-order valence-electron chi connectivity index (χ3n) is 5.09. The van der Waals surface area contributed by atoms with E-state index in [4.69, 9.17) is 4.74 Å². The molecule has 1 aliphatic rings. The summed E-state index contributed by atoms with van der Waals surface area (Å²) in [6, 6.07) is 4.33. The van der Waals surface area contributed by atoms with Gasteiger partial charge in [0.05, 0.1) is 6.20 Å². The molecule has 0 fully saturated rings. The monoisotopic (exact) mass is 373 g/mol. The summed E-state index contributed by atoms with van der Waals surface area (Å²) in [4.78, 5) is 15.7. The van der Waals surface area contributed by atoms with Crippen molar-refractivity contribution >= 4 is 5.91 Å². The van der Waals surface area contributed by atoms with Crippen LogP contribution in [0.2, 0.25) is 0 Å². The second-order valence-electron chi connectivity index (χ2n) is 7.52. The zero-order chi connectivity index (χ0) is 19.2. The lowest BCUT2D eigenvalue weighted by molar-refractivity contribution is -0.133. The Hall–Kier alpha value is -2.12. The summed E-state index contributed by atoms with van der Waals surface area (Å²) in [5.74, 6) is 0.507. The minimum Gasteiger partial charge on any atom is -0.372 e. The number of fused-ring (bicyclic) bond motifs is 1. The molecule has 148 valence electrons. The number of ether oxygens (including phenoxy) is 1. The number of amides is 1. The first-order valence-electron chi connectivity index (χ1n) is 9.70. The van der Waals surface area contributed by atoms with Crippen LogP contribution in [0.25, 0.3) is 0 Å². The first kappa shape index (κ1) is 19.6. The zero-order valence-corrected chi connectivity index (χ0v) is 16.7. The van der Waals surface area contributed by atoms with Gasteiger partial charge in [-0.05, 0) is 31.4 Å². The van der Waals surface area contributed by atoms with E-state index in [0.29, 0.717) is 12.5 Å². The fourth-order valence-electron chi connectivity index (χ4n) is 3.53. The molecule has 7 heteroatoms. The minimum atomic E-state index is 0.0122. The molecule has 0 N–H and O–H groups in total. The minimum absolute atomic E-state index is 0.0122. The zero-order valence-electron chi connectivity index (χ0n) is 16.7. The molecule has 2 aromatic rings. The highest BCUT2D eigenvalue weighted by Gasteiger charge is 2.22. The van der Waals surface area contributed by atoms with Crippen molar-refractivity contribution in [2.24, 2.45) is 5.92 Å². The van der Waals surface area contributed by atoms with E-state index in [1.54, 1.807) is 19.0 Å². The number of hydrogen-bond acceptors (Lipinski definition) is 4. The molecule has 0 aromatic carbocycles. The fraction of sp³-hybridized carbons (Fsp3) is 0.600. The molecular weight excluding hydrogens is 342 g/mol. The SMILES string of the molecule is CCn1cc(CN2Cc3cccn3CC(CCOCC(=O)N(C)C)C2)cn1. The van der Waals surface area contributed by atoms with Crippen molar-refractivity contribution < 1.29 is 9.53 Å². The number of aryl methyl sites for hydroxylation is 1. The molecular formula is C20H31N5O2. The number of nitrogens with zero attached hydrogens (tertiary/aromatic N) is 5. The lowest BCUT2D eigenvalue weighted by Crippen LogP contribution is -2.29. The van der Waals surface area contributed by atoms with E-state index in [-0.39, 0.29) is 12.5 Å². The van der Waals surface area contributed by atoms with Crippen LogP contribution >= 0.6 is 0 Å². The third-order valence-corrected chi connectivity index (χ3v) is 5.09. The van der Waals surface area contributed by atoms with Gasteiger partial charge in [-0.15, -0.1) is 0 Å². The number of rotatable bonds is 8. The molecule has 0 spiro atoms. The van der Waals surface area contributed by atoms with E-state index in [0.717, 1.165) is 39.1 Å². The predicted molar refractivity (Wildman–Crippen MR) is 104 cm³/mol. The summed E-state index contributed by atoms with van der Waals surface area (Å²) < 4.78 is 9.94. The largest absolute Gasteiger partial charge is 0.372 e. The maximum atomic E-state index is 11.6. The van der Waals surface area contributed by atoms with Crippen LogP contribution in [-0.4, -0.2) is 63.9 Å². The van der Waals surface area contributed by atoms with Gasteiger partial charge in [0.1, 0.15) is 6.61 Å². The lowest BCUT2D eigenvalue weighted by Gasteiger charge is -2.23. The normalized spacial score (nSPS) is 17.5.